The molecule has 2 saturated heterocycles. The molecule has 114 valence electrons. The van der Waals surface area contributed by atoms with Crippen LogP contribution >= 0.6 is 0 Å². The van der Waals surface area contributed by atoms with Crippen molar-refractivity contribution in [3.05, 3.63) is 12.7 Å². The van der Waals surface area contributed by atoms with Crippen LogP contribution in [0.4, 0.5) is 0 Å². The van der Waals surface area contributed by atoms with Crippen molar-refractivity contribution in [2.24, 2.45) is 11.8 Å². The Kier molecular flexibility index (Phi) is 6.05. The number of hydrogen-bond donors (Lipinski definition) is 0. The molecule has 0 atom stereocenters. The zero-order valence-corrected chi connectivity index (χ0v) is 12.7. The lowest BCUT2D eigenvalue weighted by Crippen LogP contribution is -2.41. The van der Waals surface area contributed by atoms with Crippen molar-refractivity contribution < 1.29 is 9.53 Å². The fourth-order valence-corrected chi connectivity index (χ4v) is 3.51. The third-order valence-electron chi connectivity index (χ3n) is 4.93. The van der Waals surface area contributed by atoms with Crippen molar-refractivity contribution in [3.8, 4) is 0 Å². The van der Waals surface area contributed by atoms with E-state index < -0.39 is 0 Å². The summed E-state index contributed by atoms with van der Waals surface area (Å²) in [6, 6.07) is 0. The van der Waals surface area contributed by atoms with E-state index >= 15 is 0 Å². The minimum atomic E-state index is -0.320. The van der Waals surface area contributed by atoms with E-state index in [4.69, 9.17) is 4.74 Å². The number of carbonyl (C=O) groups excluding carboxylic acids is 1. The van der Waals surface area contributed by atoms with Crippen molar-refractivity contribution in [1.82, 2.24) is 9.80 Å². The summed E-state index contributed by atoms with van der Waals surface area (Å²) in [5.41, 5.74) is 0. The molecule has 0 saturated carbocycles. The zero-order chi connectivity index (χ0) is 14.4. The van der Waals surface area contributed by atoms with Gasteiger partial charge in [-0.25, -0.2) is 4.79 Å². The van der Waals surface area contributed by atoms with Crippen LogP contribution in [0.5, 0.6) is 0 Å². The largest absolute Gasteiger partial charge is 0.446 e. The maximum atomic E-state index is 11.1. The molecule has 0 aliphatic carbocycles. The second-order valence-corrected chi connectivity index (χ2v) is 6.02. The number of ether oxygens (including phenoxy) is 1. The first-order valence-corrected chi connectivity index (χ1v) is 7.96. The molecule has 0 radical (unpaired) electrons. The third kappa shape index (κ3) is 4.32. The average Bonchev–Trinajstić information content (AvgIpc) is 2.53. The standard InChI is InChI=1S/C16H28N2O2/c1-3-16(19)20-13-18-11-7-15(8-12-18)14-5-9-17(4-2)10-6-14/h3,14-15H,1,4-13H2,2H3. The highest BCUT2D eigenvalue weighted by atomic mass is 16.5. The van der Waals surface area contributed by atoms with E-state index in [1.807, 2.05) is 0 Å². The lowest BCUT2D eigenvalue weighted by atomic mass is 9.79. The highest BCUT2D eigenvalue weighted by Crippen LogP contribution is 2.32. The van der Waals surface area contributed by atoms with Gasteiger partial charge in [0.05, 0.1) is 0 Å². The van der Waals surface area contributed by atoms with E-state index in [0.717, 1.165) is 24.9 Å². The molecule has 2 aliphatic heterocycles. The number of rotatable bonds is 5. The molecular formula is C16H28N2O2. The molecule has 0 N–H and O–H groups in total. The molecule has 0 unspecified atom stereocenters. The van der Waals surface area contributed by atoms with Gasteiger partial charge in [-0.1, -0.05) is 13.5 Å². The summed E-state index contributed by atoms with van der Waals surface area (Å²) in [7, 11) is 0. The Bertz CT molecular complexity index is 316. The molecule has 4 nitrogen and oxygen atoms in total. The van der Waals surface area contributed by atoms with Gasteiger partial charge < -0.3 is 9.64 Å². The molecule has 0 bridgehead atoms. The summed E-state index contributed by atoms with van der Waals surface area (Å²) < 4.78 is 5.10. The van der Waals surface area contributed by atoms with Crippen molar-refractivity contribution >= 4 is 5.97 Å². The molecule has 2 aliphatic rings. The third-order valence-corrected chi connectivity index (χ3v) is 4.93. The number of nitrogens with zero attached hydrogens (tertiary/aromatic N) is 2. The van der Waals surface area contributed by atoms with E-state index in [2.05, 4.69) is 23.3 Å². The Morgan fingerprint density at radius 3 is 2.05 bits per heavy atom. The summed E-state index contributed by atoms with van der Waals surface area (Å²) in [6.45, 7) is 12.0. The molecule has 2 fully saturated rings. The maximum Gasteiger partial charge on any atom is 0.331 e. The summed E-state index contributed by atoms with van der Waals surface area (Å²) >= 11 is 0. The lowest BCUT2D eigenvalue weighted by Gasteiger charge is -2.39. The van der Waals surface area contributed by atoms with Crippen LogP contribution in [0.15, 0.2) is 12.7 Å². The topological polar surface area (TPSA) is 32.8 Å². The van der Waals surface area contributed by atoms with Crippen molar-refractivity contribution in [2.45, 2.75) is 32.6 Å². The Morgan fingerprint density at radius 1 is 1.10 bits per heavy atom. The van der Waals surface area contributed by atoms with Crippen LogP contribution in [-0.4, -0.2) is 55.2 Å². The van der Waals surface area contributed by atoms with Crippen molar-refractivity contribution in [1.29, 1.82) is 0 Å². The highest BCUT2D eigenvalue weighted by molar-refractivity contribution is 5.81. The second-order valence-electron chi connectivity index (χ2n) is 6.02. The number of carbonyl (C=O) groups is 1. The Balaban J connectivity index is 1.66. The fraction of sp³-hybridized carbons (Fsp3) is 0.812. The Labute approximate surface area is 122 Å². The number of piperidine rings is 2. The first-order chi connectivity index (χ1) is 9.72. The molecule has 0 aromatic carbocycles. The van der Waals surface area contributed by atoms with Crippen LogP contribution in [0.2, 0.25) is 0 Å². The van der Waals surface area contributed by atoms with Crippen LogP contribution in [0.1, 0.15) is 32.6 Å². The van der Waals surface area contributed by atoms with E-state index in [1.54, 1.807) is 0 Å². The van der Waals surface area contributed by atoms with Gasteiger partial charge in [0.1, 0.15) is 6.73 Å². The Morgan fingerprint density at radius 2 is 1.60 bits per heavy atom. The molecule has 20 heavy (non-hydrogen) atoms. The predicted octanol–water partition coefficient (Wildman–Crippen LogP) is 2.12. The van der Waals surface area contributed by atoms with Gasteiger partial charge in [-0.2, -0.15) is 0 Å². The lowest BCUT2D eigenvalue weighted by molar-refractivity contribution is -0.143. The average molecular weight is 280 g/mol. The molecule has 4 heteroatoms. The van der Waals surface area contributed by atoms with E-state index in [-0.39, 0.29) is 5.97 Å². The first-order valence-electron chi connectivity index (χ1n) is 7.96. The van der Waals surface area contributed by atoms with Crippen LogP contribution in [0.25, 0.3) is 0 Å². The predicted molar refractivity (Wildman–Crippen MR) is 80.3 cm³/mol. The molecule has 0 spiro atoms. The van der Waals surface area contributed by atoms with Crippen molar-refractivity contribution in [2.75, 3.05) is 39.5 Å². The molecule has 2 heterocycles. The summed E-state index contributed by atoms with van der Waals surface area (Å²) in [5, 5.41) is 0. The summed E-state index contributed by atoms with van der Waals surface area (Å²) in [4.78, 5) is 15.8. The van der Waals surface area contributed by atoms with Crippen LogP contribution in [-0.2, 0) is 9.53 Å². The number of likely N-dealkylation sites (tertiary alicyclic amines) is 2. The van der Waals surface area contributed by atoms with Gasteiger partial charge in [-0.3, -0.25) is 4.90 Å². The van der Waals surface area contributed by atoms with Crippen LogP contribution in [0, 0.1) is 11.8 Å². The summed E-state index contributed by atoms with van der Waals surface area (Å²) in [5.74, 6) is 1.47. The van der Waals surface area contributed by atoms with Gasteiger partial charge in [0.2, 0.25) is 0 Å². The van der Waals surface area contributed by atoms with Gasteiger partial charge in [0.25, 0.3) is 0 Å². The molecular weight excluding hydrogens is 252 g/mol. The van der Waals surface area contributed by atoms with Crippen LogP contribution < -0.4 is 0 Å². The maximum absolute atomic E-state index is 11.1. The number of hydrogen-bond acceptors (Lipinski definition) is 4. The smallest absolute Gasteiger partial charge is 0.331 e. The van der Waals surface area contributed by atoms with E-state index in [0.29, 0.717) is 6.73 Å². The van der Waals surface area contributed by atoms with Gasteiger partial charge in [0, 0.05) is 19.2 Å². The normalized spacial score (nSPS) is 23.6. The minimum Gasteiger partial charge on any atom is -0.446 e. The Hall–Kier alpha value is -0.870. The molecule has 0 amide bonds. The molecule has 0 aromatic rings. The monoisotopic (exact) mass is 280 g/mol. The highest BCUT2D eigenvalue weighted by Gasteiger charge is 2.29. The second kappa shape index (κ2) is 7.79. The first kappa shape index (κ1) is 15.5. The van der Waals surface area contributed by atoms with Gasteiger partial charge in [-0.15, -0.1) is 0 Å². The van der Waals surface area contributed by atoms with E-state index in [1.165, 1.54) is 51.4 Å². The van der Waals surface area contributed by atoms with E-state index in [9.17, 15) is 4.79 Å². The quantitative estimate of drug-likeness (QED) is 0.570. The van der Waals surface area contributed by atoms with Crippen molar-refractivity contribution in [3.63, 3.8) is 0 Å². The fourth-order valence-electron chi connectivity index (χ4n) is 3.51. The molecule has 0 aromatic heterocycles. The van der Waals surface area contributed by atoms with Gasteiger partial charge in [0.15, 0.2) is 0 Å². The SMILES string of the molecule is C=CC(=O)OCN1CCC(C2CCN(CC)CC2)CC1. The summed E-state index contributed by atoms with van der Waals surface area (Å²) in [6.07, 6.45) is 6.47. The van der Waals surface area contributed by atoms with Gasteiger partial charge >= 0.3 is 5.97 Å². The number of esters is 1. The van der Waals surface area contributed by atoms with Crippen LogP contribution in [0.3, 0.4) is 0 Å². The minimum absolute atomic E-state index is 0.320. The molecule has 2 rings (SSSR count). The zero-order valence-electron chi connectivity index (χ0n) is 12.7. The van der Waals surface area contributed by atoms with Gasteiger partial charge in [-0.05, 0) is 57.2 Å².